The number of rotatable bonds is 6. The number of nitrogens with zero attached hydrogens (tertiary/aromatic N) is 2. The van der Waals surface area contributed by atoms with E-state index in [4.69, 9.17) is 15.0 Å². The first-order valence-electron chi connectivity index (χ1n) is 6.04. The normalized spacial score (nSPS) is 12.3. The fraction of sp³-hybridized carbons (Fsp3) is 0.385. The molecular formula is C13H17N3O2. The van der Waals surface area contributed by atoms with Gasteiger partial charge in [0.1, 0.15) is 5.75 Å². The van der Waals surface area contributed by atoms with Gasteiger partial charge in [0, 0.05) is 6.54 Å². The highest BCUT2D eigenvalue weighted by molar-refractivity contribution is 5.20. The van der Waals surface area contributed by atoms with Crippen LogP contribution in [0, 0.1) is 0 Å². The molecule has 0 fully saturated rings. The summed E-state index contributed by atoms with van der Waals surface area (Å²) in [5.74, 6) is 2.05. The lowest BCUT2D eigenvalue weighted by Gasteiger charge is -2.04. The number of nitrogens with two attached hydrogens (primary N) is 1. The Morgan fingerprint density at radius 3 is 2.78 bits per heavy atom. The molecule has 0 saturated heterocycles. The van der Waals surface area contributed by atoms with Crippen LogP contribution < -0.4 is 10.5 Å². The summed E-state index contributed by atoms with van der Waals surface area (Å²) in [5.41, 5.74) is 5.63. The Balaban J connectivity index is 1.95. The molecule has 0 saturated carbocycles. The highest BCUT2D eigenvalue weighted by atomic mass is 16.5. The molecule has 0 bridgehead atoms. The van der Waals surface area contributed by atoms with Crippen LogP contribution in [0.2, 0.25) is 0 Å². The molecule has 0 aliphatic heterocycles. The third-order valence-electron chi connectivity index (χ3n) is 2.72. The first-order chi connectivity index (χ1) is 8.83. The van der Waals surface area contributed by atoms with Gasteiger partial charge in [-0.1, -0.05) is 30.3 Å². The number of benzene rings is 1. The first-order valence-corrected chi connectivity index (χ1v) is 6.04. The maximum absolute atomic E-state index is 5.63. The van der Waals surface area contributed by atoms with E-state index in [1.165, 1.54) is 0 Å². The van der Waals surface area contributed by atoms with Gasteiger partial charge in [-0.15, -0.1) is 0 Å². The van der Waals surface area contributed by atoms with Crippen LogP contribution in [0.3, 0.4) is 0 Å². The van der Waals surface area contributed by atoms with Crippen molar-refractivity contribution in [3.63, 3.8) is 0 Å². The van der Waals surface area contributed by atoms with E-state index in [1.54, 1.807) is 0 Å². The second-order valence-electron chi connectivity index (χ2n) is 3.99. The van der Waals surface area contributed by atoms with Gasteiger partial charge in [-0.2, -0.15) is 4.98 Å². The summed E-state index contributed by atoms with van der Waals surface area (Å²) in [6.07, 6.45) is 0.887. The third-order valence-corrected chi connectivity index (χ3v) is 2.72. The van der Waals surface area contributed by atoms with Crippen LogP contribution in [-0.2, 0) is 6.61 Å². The van der Waals surface area contributed by atoms with E-state index >= 15 is 0 Å². The molecule has 1 aromatic heterocycles. The molecule has 0 amide bonds. The summed E-state index contributed by atoms with van der Waals surface area (Å²) in [6.45, 7) is 2.86. The van der Waals surface area contributed by atoms with Crippen LogP contribution in [0.15, 0.2) is 34.9 Å². The van der Waals surface area contributed by atoms with Crippen molar-refractivity contribution in [2.45, 2.75) is 25.9 Å². The van der Waals surface area contributed by atoms with Gasteiger partial charge in [0.05, 0.1) is 5.92 Å². The van der Waals surface area contributed by atoms with Crippen molar-refractivity contribution in [2.24, 2.45) is 5.73 Å². The maximum Gasteiger partial charge on any atom is 0.231 e. The molecule has 18 heavy (non-hydrogen) atoms. The topological polar surface area (TPSA) is 74.2 Å². The molecule has 0 aliphatic carbocycles. The van der Waals surface area contributed by atoms with E-state index < -0.39 is 0 Å². The summed E-state index contributed by atoms with van der Waals surface area (Å²) in [6, 6.07) is 9.54. The number of hydrogen-bond donors (Lipinski definition) is 1. The van der Waals surface area contributed by atoms with Crippen LogP contribution in [0.1, 0.15) is 31.0 Å². The van der Waals surface area contributed by atoms with Crippen LogP contribution in [0.4, 0.5) is 0 Å². The van der Waals surface area contributed by atoms with Crippen molar-refractivity contribution in [2.75, 3.05) is 6.54 Å². The number of para-hydroxylation sites is 1. The predicted molar refractivity (Wildman–Crippen MR) is 67.2 cm³/mol. The van der Waals surface area contributed by atoms with Gasteiger partial charge >= 0.3 is 0 Å². The summed E-state index contributed by atoms with van der Waals surface area (Å²) in [5, 5.41) is 3.88. The fourth-order valence-electron chi connectivity index (χ4n) is 1.60. The summed E-state index contributed by atoms with van der Waals surface area (Å²) >= 11 is 0. The predicted octanol–water partition coefficient (Wildman–Crippen LogP) is 2.10. The van der Waals surface area contributed by atoms with Gasteiger partial charge in [0.2, 0.25) is 11.7 Å². The zero-order chi connectivity index (χ0) is 12.8. The van der Waals surface area contributed by atoms with Crippen molar-refractivity contribution in [3.8, 4) is 5.75 Å². The van der Waals surface area contributed by atoms with Crippen LogP contribution >= 0.6 is 0 Å². The van der Waals surface area contributed by atoms with E-state index in [0.29, 0.717) is 24.9 Å². The lowest BCUT2D eigenvalue weighted by molar-refractivity contribution is 0.283. The number of hydrogen-bond acceptors (Lipinski definition) is 5. The molecule has 5 heteroatoms. The van der Waals surface area contributed by atoms with Crippen molar-refractivity contribution in [3.05, 3.63) is 42.0 Å². The summed E-state index contributed by atoms with van der Waals surface area (Å²) in [7, 11) is 0. The second kappa shape index (κ2) is 6.16. The van der Waals surface area contributed by atoms with Gasteiger partial charge in [0.25, 0.3) is 0 Å². The van der Waals surface area contributed by atoms with E-state index in [1.807, 2.05) is 37.3 Å². The Labute approximate surface area is 106 Å². The minimum absolute atomic E-state index is 0.128. The Bertz CT molecular complexity index is 466. The molecular weight excluding hydrogens is 230 g/mol. The largest absolute Gasteiger partial charge is 0.485 e. The van der Waals surface area contributed by atoms with Crippen molar-refractivity contribution < 1.29 is 9.26 Å². The SMILES string of the molecule is CCC(CN)c1nc(COc2ccccc2)no1. The highest BCUT2D eigenvalue weighted by Gasteiger charge is 2.15. The van der Waals surface area contributed by atoms with Crippen molar-refractivity contribution in [1.82, 2.24) is 10.1 Å². The Kier molecular flexibility index (Phi) is 4.30. The van der Waals surface area contributed by atoms with Gasteiger partial charge in [0.15, 0.2) is 6.61 Å². The van der Waals surface area contributed by atoms with Gasteiger partial charge in [-0.05, 0) is 18.6 Å². The molecule has 1 aromatic carbocycles. The lowest BCUT2D eigenvalue weighted by Crippen LogP contribution is -2.12. The zero-order valence-electron chi connectivity index (χ0n) is 10.4. The molecule has 2 N–H and O–H groups in total. The zero-order valence-corrected chi connectivity index (χ0v) is 10.4. The quantitative estimate of drug-likeness (QED) is 0.846. The highest BCUT2D eigenvalue weighted by Crippen LogP contribution is 2.16. The summed E-state index contributed by atoms with van der Waals surface area (Å²) in [4.78, 5) is 4.28. The lowest BCUT2D eigenvalue weighted by atomic mass is 10.1. The molecule has 0 spiro atoms. The number of aromatic nitrogens is 2. The summed E-state index contributed by atoms with van der Waals surface area (Å²) < 4.78 is 10.7. The van der Waals surface area contributed by atoms with Gasteiger partial charge in [-0.3, -0.25) is 0 Å². The maximum atomic E-state index is 5.63. The van der Waals surface area contributed by atoms with E-state index in [-0.39, 0.29) is 5.92 Å². The molecule has 2 aromatic rings. The molecule has 2 rings (SSSR count). The van der Waals surface area contributed by atoms with Gasteiger partial charge < -0.3 is 15.0 Å². The smallest absolute Gasteiger partial charge is 0.231 e. The van der Waals surface area contributed by atoms with Crippen LogP contribution in [0.5, 0.6) is 5.75 Å². The van der Waals surface area contributed by atoms with E-state index in [2.05, 4.69) is 10.1 Å². The molecule has 5 nitrogen and oxygen atoms in total. The Hall–Kier alpha value is -1.88. The standard InChI is InChI=1S/C13H17N3O2/c1-2-10(8-14)13-15-12(16-18-13)9-17-11-6-4-3-5-7-11/h3-7,10H,2,8-9,14H2,1H3. The second-order valence-corrected chi connectivity index (χ2v) is 3.99. The minimum Gasteiger partial charge on any atom is -0.485 e. The molecule has 96 valence electrons. The monoisotopic (exact) mass is 247 g/mol. The molecule has 1 heterocycles. The van der Waals surface area contributed by atoms with Gasteiger partial charge in [-0.25, -0.2) is 0 Å². The van der Waals surface area contributed by atoms with Crippen LogP contribution in [-0.4, -0.2) is 16.7 Å². The Morgan fingerprint density at radius 2 is 2.11 bits per heavy atom. The van der Waals surface area contributed by atoms with E-state index in [9.17, 15) is 0 Å². The molecule has 0 aliphatic rings. The molecule has 1 atom stereocenters. The number of ether oxygens (including phenoxy) is 1. The van der Waals surface area contributed by atoms with Crippen molar-refractivity contribution >= 4 is 0 Å². The van der Waals surface area contributed by atoms with Crippen LogP contribution in [0.25, 0.3) is 0 Å². The van der Waals surface area contributed by atoms with E-state index in [0.717, 1.165) is 12.2 Å². The minimum atomic E-state index is 0.128. The third kappa shape index (κ3) is 3.07. The first kappa shape index (κ1) is 12.6. The average Bonchev–Trinajstić information content (AvgIpc) is 2.88. The fourth-order valence-corrected chi connectivity index (χ4v) is 1.60. The molecule has 1 unspecified atom stereocenters. The average molecular weight is 247 g/mol. The van der Waals surface area contributed by atoms with Crippen molar-refractivity contribution in [1.29, 1.82) is 0 Å². The molecule has 0 radical (unpaired) electrons. The Morgan fingerprint density at radius 1 is 1.33 bits per heavy atom.